The van der Waals surface area contributed by atoms with E-state index in [1.54, 1.807) is 6.07 Å². The summed E-state index contributed by atoms with van der Waals surface area (Å²) in [5.74, 6) is -2.08. The van der Waals surface area contributed by atoms with E-state index in [1.165, 1.54) is 31.8 Å². The summed E-state index contributed by atoms with van der Waals surface area (Å²) in [6.45, 7) is 0. The van der Waals surface area contributed by atoms with Crippen LogP contribution in [0.4, 0.5) is 18.9 Å². The molecule has 2 aromatic carbocycles. The number of nitrogens with one attached hydrogen (secondary N) is 2. The van der Waals surface area contributed by atoms with E-state index in [9.17, 15) is 8.78 Å². The summed E-state index contributed by atoms with van der Waals surface area (Å²) in [6.07, 6.45) is 2.73. The molecule has 0 unspecified atom stereocenters. The van der Waals surface area contributed by atoms with Gasteiger partial charge in [-0.15, -0.1) is 0 Å². The number of benzene rings is 2. The Balaban J connectivity index is 1.71. The second-order valence-electron chi connectivity index (χ2n) is 5.91. The molecule has 0 aliphatic carbocycles. The minimum absolute atomic E-state index is 0.00135. The third-order valence-electron chi connectivity index (χ3n) is 4.11. The zero-order valence-electron chi connectivity index (χ0n) is 14.8. The number of aromatic nitrogens is 3. The first-order valence-electron chi connectivity index (χ1n) is 8.21. The van der Waals surface area contributed by atoms with Crippen molar-refractivity contribution in [1.29, 1.82) is 0 Å². The predicted octanol–water partition coefficient (Wildman–Crippen LogP) is 5.82. The fourth-order valence-electron chi connectivity index (χ4n) is 2.79. The number of anilines is 1. The fourth-order valence-corrected chi connectivity index (χ4v) is 3.80. The maximum absolute atomic E-state index is 15.1. The molecule has 0 spiro atoms. The van der Waals surface area contributed by atoms with Crippen LogP contribution in [0, 0.1) is 17.5 Å². The summed E-state index contributed by atoms with van der Waals surface area (Å²) >= 11 is 6.93. The molecule has 0 saturated carbocycles. The number of methoxy groups -OCH3 is 1. The van der Waals surface area contributed by atoms with Crippen LogP contribution in [0.1, 0.15) is 0 Å². The first kappa shape index (κ1) is 19.4. The average Bonchev–Trinajstić information content (AvgIpc) is 3.17. The van der Waals surface area contributed by atoms with Gasteiger partial charge in [0.05, 0.1) is 40.1 Å². The number of nitrogens with zero attached hydrogens (tertiary/aromatic N) is 2. The van der Waals surface area contributed by atoms with Crippen molar-refractivity contribution < 1.29 is 17.9 Å². The number of halogens is 4. The van der Waals surface area contributed by atoms with Gasteiger partial charge in [0.15, 0.2) is 11.6 Å². The Bertz CT molecular complexity index is 1220. The molecule has 0 amide bonds. The molecule has 2 heterocycles. The molecule has 2 N–H and O–H groups in total. The van der Waals surface area contributed by atoms with E-state index < -0.39 is 17.5 Å². The topological polar surface area (TPSA) is 62.8 Å². The number of fused-ring (bicyclic) bond motifs is 1. The Morgan fingerprint density at radius 1 is 1.10 bits per heavy atom. The minimum Gasteiger partial charge on any atom is -0.480 e. The number of pyridine rings is 1. The lowest BCUT2D eigenvalue weighted by Crippen LogP contribution is -1.98. The maximum atomic E-state index is 15.1. The van der Waals surface area contributed by atoms with Crippen LogP contribution in [0.25, 0.3) is 22.2 Å². The molecule has 4 aromatic rings. The van der Waals surface area contributed by atoms with E-state index in [0.29, 0.717) is 21.3 Å². The zero-order valence-corrected chi connectivity index (χ0v) is 16.3. The molecule has 5 nitrogen and oxygen atoms in total. The van der Waals surface area contributed by atoms with E-state index in [-0.39, 0.29) is 22.3 Å². The van der Waals surface area contributed by atoms with Crippen molar-refractivity contribution in [3.05, 3.63) is 65.3 Å². The molecule has 10 heteroatoms. The van der Waals surface area contributed by atoms with Crippen molar-refractivity contribution in [3.63, 3.8) is 0 Å². The predicted molar refractivity (Wildman–Crippen MR) is 107 cm³/mol. The van der Waals surface area contributed by atoms with Crippen LogP contribution in [0.15, 0.2) is 47.8 Å². The van der Waals surface area contributed by atoms with E-state index in [4.69, 9.17) is 16.3 Å². The summed E-state index contributed by atoms with van der Waals surface area (Å²) in [5.41, 5.74) is 0.117. The molecular formula is C19H12ClF3N4OS. The Kier molecular flexibility index (Phi) is 5.25. The van der Waals surface area contributed by atoms with Crippen molar-refractivity contribution in [2.75, 3.05) is 11.8 Å². The van der Waals surface area contributed by atoms with Crippen molar-refractivity contribution >= 4 is 40.3 Å². The maximum Gasteiger partial charge on any atom is 0.228 e. The lowest BCUT2D eigenvalue weighted by molar-refractivity contribution is 0.387. The van der Waals surface area contributed by atoms with Gasteiger partial charge >= 0.3 is 0 Å². The SMILES string of the molecule is COc1ncc(Cl)cc1SNc1ccc(F)c(-c2cc(F)c3nc[nH]c3c2)c1F. The minimum atomic E-state index is -0.871. The summed E-state index contributed by atoms with van der Waals surface area (Å²) in [6, 6.07) is 6.43. The Hall–Kier alpha value is -2.91. The number of imidazole rings is 1. The van der Waals surface area contributed by atoms with Crippen LogP contribution < -0.4 is 9.46 Å². The second-order valence-corrected chi connectivity index (χ2v) is 7.19. The van der Waals surface area contributed by atoms with Gasteiger partial charge < -0.3 is 14.4 Å². The number of hydrogen-bond acceptors (Lipinski definition) is 5. The third-order valence-corrected chi connectivity index (χ3v) is 5.15. The number of rotatable bonds is 5. The van der Waals surface area contributed by atoms with Crippen LogP contribution in [0.3, 0.4) is 0 Å². The van der Waals surface area contributed by atoms with Crippen molar-refractivity contribution in [2.45, 2.75) is 4.90 Å². The number of H-pyrrole nitrogens is 1. The highest BCUT2D eigenvalue weighted by atomic mass is 35.5. The van der Waals surface area contributed by atoms with E-state index in [2.05, 4.69) is 19.7 Å². The lowest BCUT2D eigenvalue weighted by Gasteiger charge is -2.13. The van der Waals surface area contributed by atoms with Gasteiger partial charge in [-0.1, -0.05) is 11.6 Å². The number of ether oxygens (including phenoxy) is 1. The highest BCUT2D eigenvalue weighted by Gasteiger charge is 2.19. The van der Waals surface area contributed by atoms with Gasteiger partial charge in [-0.05, 0) is 47.8 Å². The summed E-state index contributed by atoms with van der Waals surface area (Å²) in [4.78, 5) is 11.1. The first-order valence-corrected chi connectivity index (χ1v) is 9.40. The quantitative estimate of drug-likeness (QED) is 0.386. The second kappa shape index (κ2) is 7.84. The Morgan fingerprint density at radius 3 is 2.72 bits per heavy atom. The molecule has 0 saturated heterocycles. The van der Waals surface area contributed by atoms with Gasteiger partial charge in [-0.25, -0.2) is 23.1 Å². The smallest absolute Gasteiger partial charge is 0.228 e. The molecular weight excluding hydrogens is 425 g/mol. The van der Waals surface area contributed by atoms with Crippen LogP contribution in [0.2, 0.25) is 5.02 Å². The molecule has 148 valence electrons. The van der Waals surface area contributed by atoms with E-state index >= 15 is 4.39 Å². The summed E-state index contributed by atoms with van der Waals surface area (Å²) < 4.78 is 51.7. The Morgan fingerprint density at radius 2 is 1.93 bits per heavy atom. The van der Waals surface area contributed by atoms with Gasteiger partial charge in [0, 0.05) is 6.20 Å². The van der Waals surface area contributed by atoms with Crippen LogP contribution in [-0.4, -0.2) is 22.1 Å². The molecule has 0 aliphatic rings. The molecule has 0 atom stereocenters. The van der Waals surface area contributed by atoms with Crippen LogP contribution in [-0.2, 0) is 0 Å². The third kappa shape index (κ3) is 3.70. The lowest BCUT2D eigenvalue weighted by atomic mass is 10.0. The van der Waals surface area contributed by atoms with Crippen molar-refractivity contribution in [2.24, 2.45) is 0 Å². The van der Waals surface area contributed by atoms with E-state index in [1.807, 2.05) is 0 Å². The summed E-state index contributed by atoms with van der Waals surface area (Å²) in [5, 5.41) is 0.374. The van der Waals surface area contributed by atoms with E-state index in [0.717, 1.165) is 24.1 Å². The number of hydrogen-bond donors (Lipinski definition) is 2. The van der Waals surface area contributed by atoms with Gasteiger partial charge in [0.1, 0.15) is 11.3 Å². The molecule has 29 heavy (non-hydrogen) atoms. The molecule has 0 fully saturated rings. The molecule has 0 bridgehead atoms. The molecule has 0 radical (unpaired) electrons. The standard InChI is InChI=1S/C19H12ClF3N4OS/c1-28-19-15(6-10(20)7-24-19)29-27-13-3-2-11(21)16(17(13)23)9-4-12(22)18-14(5-9)25-8-26-18/h2-8,27H,1H3,(H,25,26). The van der Waals surface area contributed by atoms with Gasteiger partial charge in [-0.2, -0.15) is 0 Å². The largest absolute Gasteiger partial charge is 0.480 e. The van der Waals surface area contributed by atoms with Gasteiger partial charge in [-0.3, -0.25) is 0 Å². The van der Waals surface area contributed by atoms with Crippen molar-refractivity contribution in [3.8, 4) is 17.0 Å². The fraction of sp³-hybridized carbons (Fsp3) is 0.0526. The normalized spacial score (nSPS) is 11.1. The highest BCUT2D eigenvalue weighted by molar-refractivity contribution is 8.00. The van der Waals surface area contributed by atoms with Crippen molar-refractivity contribution in [1.82, 2.24) is 15.0 Å². The monoisotopic (exact) mass is 436 g/mol. The molecule has 0 aliphatic heterocycles. The average molecular weight is 437 g/mol. The highest BCUT2D eigenvalue weighted by Crippen LogP contribution is 2.36. The van der Waals surface area contributed by atoms with Crippen LogP contribution >= 0.6 is 23.5 Å². The molecule has 4 rings (SSSR count). The van der Waals surface area contributed by atoms with Gasteiger partial charge in [0.2, 0.25) is 5.88 Å². The van der Waals surface area contributed by atoms with Gasteiger partial charge in [0.25, 0.3) is 0 Å². The number of aromatic amines is 1. The first-order chi connectivity index (χ1) is 14.0. The Labute approximate surface area is 172 Å². The van der Waals surface area contributed by atoms with Crippen LogP contribution in [0.5, 0.6) is 5.88 Å². The summed E-state index contributed by atoms with van der Waals surface area (Å²) in [7, 11) is 1.44. The molecule has 2 aromatic heterocycles. The zero-order chi connectivity index (χ0) is 20.5.